The fraction of sp³-hybridized carbons (Fsp3) is 0.300. The van der Waals surface area contributed by atoms with Gasteiger partial charge in [-0.3, -0.25) is 9.52 Å². The van der Waals surface area contributed by atoms with E-state index in [0.29, 0.717) is 13.0 Å². The zero-order valence-electron chi connectivity index (χ0n) is 18.3. The standard InChI is InChI=1S/C20H26N4O7S2/c1-4-5-12-21-20(26)24-32(27,28)16-8-6-15(7-9-16)23-33(29,30)17-10-11-19(31-3)18(13-17)22-14(2)25/h6-11,13,23H,4-5,12H2,1-3H3,(H,22,25)(H2,21,24,26). The summed E-state index contributed by atoms with van der Waals surface area (Å²) in [7, 11) is -6.81. The molecule has 11 nitrogen and oxygen atoms in total. The van der Waals surface area contributed by atoms with Crippen molar-refractivity contribution in [3.05, 3.63) is 42.5 Å². The topological polar surface area (TPSA) is 160 Å². The Morgan fingerprint density at radius 3 is 2.15 bits per heavy atom. The third-order valence-electron chi connectivity index (χ3n) is 4.25. The number of amides is 3. The van der Waals surface area contributed by atoms with Crippen LogP contribution in [0.2, 0.25) is 0 Å². The van der Waals surface area contributed by atoms with Crippen molar-refractivity contribution in [2.45, 2.75) is 36.5 Å². The lowest BCUT2D eigenvalue weighted by Gasteiger charge is -2.13. The normalized spacial score (nSPS) is 11.4. The monoisotopic (exact) mass is 498 g/mol. The second kappa shape index (κ2) is 11.0. The molecule has 0 fully saturated rings. The summed E-state index contributed by atoms with van der Waals surface area (Å²) in [5.41, 5.74) is 0.274. The van der Waals surface area contributed by atoms with E-state index in [-0.39, 0.29) is 26.9 Å². The van der Waals surface area contributed by atoms with Crippen molar-refractivity contribution in [3.8, 4) is 5.75 Å². The first kappa shape index (κ1) is 25.9. The van der Waals surface area contributed by atoms with Gasteiger partial charge in [0.1, 0.15) is 5.75 Å². The van der Waals surface area contributed by atoms with Crippen molar-refractivity contribution in [1.82, 2.24) is 10.0 Å². The molecule has 2 rings (SSSR count). The number of ether oxygens (including phenoxy) is 1. The van der Waals surface area contributed by atoms with Gasteiger partial charge >= 0.3 is 6.03 Å². The Morgan fingerprint density at radius 1 is 0.939 bits per heavy atom. The highest BCUT2D eigenvalue weighted by Gasteiger charge is 2.20. The Bertz CT molecular complexity index is 1210. The van der Waals surface area contributed by atoms with Crippen molar-refractivity contribution in [2.75, 3.05) is 23.7 Å². The zero-order chi connectivity index (χ0) is 24.6. The van der Waals surface area contributed by atoms with Gasteiger partial charge in [-0.15, -0.1) is 0 Å². The highest BCUT2D eigenvalue weighted by atomic mass is 32.2. The van der Waals surface area contributed by atoms with Crippen LogP contribution in [0.3, 0.4) is 0 Å². The van der Waals surface area contributed by atoms with E-state index in [4.69, 9.17) is 4.74 Å². The number of urea groups is 1. The lowest BCUT2D eigenvalue weighted by atomic mass is 10.3. The first-order chi connectivity index (χ1) is 15.5. The highest BCUT2D eigenvalue weighted by molar-refractivity contribution is 7.92. The number of rotatable bonds is 10. The number of benzene rings is 2. The zero-order valence-corrected chi connectivity index (χ0v) is 20.0. The summed E-state index contributed by atoms with van der Waals surface area (Å²) in [4.78, 5) is 22.7. The molecule has 0 radical (unpaired) electrons. The fourth-order valence-electron chi connectivity index (χ4n) is 2.65. The van der Waals surface area contributed by atoms with Gasteiger partial charge in [-0.05, 0) is 48.9 Å². The van der Waals surface area contributed by atoms with E-state index in [1.165, 1.54) is 44.4 Å². The molecule has 2 aromatic carbocycles. The van der Waals surface area contributed by atoms with Crippen LogP contribution in [0.4, 0.5) is 16.2 Å². The summed E-state index contributed by atoms with van der Waals surface area (Å²) in [5.74, 6) is -0.120. The average molecular weight is 499 g/mol. The summed E-state index contributed by atoms with van der Waals surface area (Å²) in [6, 6.07) is 7.91. The molecule has 13 heteroatoms. The number of nitrogens with one attached hydrogen (secondary N) is 4. The van der Waals surface area contributed by atoms with Gasteiger partial charge in [-0.25, -0.2) is 26.4 Å². The molecule has 2 aromatic rings. The van der Waals surface area contributed by atoms with E-state index >= 15 is 0 Å². The van der Waals surface area contributed by atoms with Crippen LogP contribution in [-0.2, 0) is 24.8 Å². The van der Waals surface area contributed by atoms with Gasteiger partial charge in [0.25, 0.3) is 20.0 Å². The Kier molecular flexibility index (Phi) is 8.65. The largest absolute Gasteiger partial charge is 0.495 e. The molecule has 0 atom stereocenters. The SMILES string of the molecule is CCCCNC(=O)NS(=O)(=O)c1ccc(NS(=O)(=O)c2ccc(OC)c(NC(C)=O)c2)cc1. The van der Waals surface area contributed by atoms with E-state index in [2.05, 4.69) is 15.4 Å². The second-order valence-corrected chi connectivity index (χ2v) is 10.3. The highest BCUT2D eigenvalue weighted by Crippen LogP contribution is 2.28. The third-order valence-corrected chi connectivity index (χ3v) is 6.98. The maximum atomic E-state index is 12.7. The maximum absolute atomic E-state index is 12.7. The van der Waals surface area contributed by atoms with E-state index in [1.54, 1.807) is 0 Å². The van der Waals surface area contributed by atoms with Crippen molar-refractivity contribution in [2.24, 2.45) is 0 Å². The van der Waals surface area contributed by atoms with E-state index < -0.39 is 32.0 Å². The van der Waals surface area contributed by atoms with Crippen LogP contribution in [0.25, 0.3) is 0 Å². The molecule has 0 bridgehead atoms. The summed E-state index contributed by atoms with van der Waals surface area (Å²) in [6.45, 7) is 3.55. The first-order valence-electron chi connectivity index (χ1n) is 9.87. The molecule has 0 aliphatic heterocycles. The minimum absolute atomic E-state index is 0.0956. The molecule has 33 heavy (non-hydrogen) atoms. The summed E-state index contributed by atoms with van der Waals surface area (Å²) < 4.78 is 59.5. The van der Waals surface area contributed by atoms with Gasteiger partial charge in [0.05, 0.1) is 22.6 Å². The lowest BCUT2D eigenvalue weighted by molar-refractivity contribution is -0.114. The molecule has 0 aliphatic carbocycles. The number of carbonyl (C=O) groups excluding carboxylic acids is 2. The third kappa shape index (κ3) is 7.36. The van der Waals surface area contributed by atoms with Gasteiger partial charge in [0.15, 0.2) is 0 Å². The van der Waals surface area contributed by atoms with Crippen LogP contribution in [0, 0.1) is 0 Å². The number of anilines is 2. The van der Waals surface area contributed by atoms with E-state index in [9.17, 15) is 26.4 Å². The predicted octanol–water partition coefficient (Wildman–Crippen LogP) is 2.24. The second-order valence-electron chi connectivity index (χ2n) is 6.89. The Hall–Kier alpha value is -3.32. The van der Waals surface area contributed by atoms with Crippen molar-refractivity contribution in [1.29, 1.82) is 0 Å². The summed E-state index contributed by atoms with van der Waals surface area (Å²) >= 11 is 0. The van der Waals surface area contributed by atoms with Gasteiger partial charge in [-0.2, -0.15) is 0 Å². The van der Waals surface area contributed by atoms with Crippen LogP contribution in [0.1, 0.15) is 26.7 Å². The molecular weight excluding hydrogens is 472 g/mol. The number of hydrogen-bond donors (Lipinski definition) is 4. The Balaban J connectivity index is 2.17. The molecular formula is C20H26N4O7S2. The number of methoxy groups -OCH3 is 1. The van der Waals surface area contributed by atoms with E-state index in [1.807, 2.05) is 11.6 Å². The quantitative estimate of drug-likeness (QED) is 0.365. The Labute approximate surface area is 193 Å². The molecule has 0 spiro atoms. The molecule has 0 aliphatic rings. The van der Waals surface area contributed by atoms with Crippen LogP contribution >= 0.6 is 0 Å². The van der Waals surface area contributed by atoms with E-state index in [0.717, 1.165) is 18.6 Å². The lowest BCUT2D eigenvalue weighted by Crippen LogP contribution is -2.39. The number of carbonyl (C=O) groups is 2. The number of unbranched alkanes of at least 4 members (excludes halogenated alkanes) is 1. The minimum atomic E-state index is -4.13. The van der Waals surface area contributed by atoms with Gasteiger partial charge < -0.3 is 15.4 Å². The van der Waals surface area contributed by atoms with Gasteiger partial charge in [-0.1, -0.05) is 13.3 Å². The average Bonchev–Trinajstić information content (AvgIpc) is 2.73. The molecule has 0 saturated heterocycles. The van der Waals surface area contributed by atoms with Crippen molar-refractivity contribution in [3.63, 3.8) is 0 Å². The van der Waals surface area contributed by atoms with Crippen LogP contribution in [-0.4, -0.2) is 42.4 Å². The Morgan fingerprint density at radius 2 is 1.58 bits per heavy atom. The molecule has 0 unspecified atom stereocenters. The van der Waals surface area contributed by atoms with Crippen LogP contribution in [0.5, 0.6) is 5.75 Å². The van der Waals surface area contributed by atoms with Gasteiger partial charge in [0, 0.05) is 19.2 Å². The summed E-state index contributed by atoms with van der Waals surface area (Å²) in [5, 5.41) is 4.93. The van der Waals surface area contributed by atoms with Crippen molar-refractivity contribution >= 4 is 43.4 Å². The fourth-order valence-corrected chi connectivity index (χ4v) is 4.67. The first-order valence-corrected chi connectivity index (χ1v) is 12.8. The molecule has 0 aromatic heterocycles. The van der Waals surface area contributed by atoms with Crippen molar-refractivity contribution < 1.29 is 31.2 Å². The number of hydrogen-bond acceptors (Lipinski definition) is 7. The van der Waals surface area contributed by atoms with Crippen LogP contribution < -0.4 is 24.8 Å². The maximum Gasteiger partial charge on any atom is 0.328 e. The molecule has 0 saturated carbocycles. The molecule has 0 heterocycles. The molecule has 180 valence electrons. The number of sulfonamides is 2. The smallest absolute Gasteiger partial charge is 0.328 e. The summed E-state index contributed by atoms with van der Waals surface area (Å²) in [6.07, 6.45) is 1.55. The molecule has 4 N–H and O–H groups in total. The minimum Gasteiger partial charge on any atom is -0.495 e. The van der Waals surface area contributed by atoms with Gasteiger partial charge in [0.2, 0.25) is 5.91 Å². The predicted molar refractivity (Wildman–Crippen MR) is 123 cm³/mol. The van der Waals surface area contributed by atoms with Crippen LogP contribution in [0.15, 0.2) is 52.3 Å². The molecule has 3 amide bonds.